The standard InChI is InChI=1S/C12H18ClN3/c1-9-11(13)15-8-16-12(9)14-7-10-5-3-2-4-6-10/h8,10H,2-7H2,1H3,(H,14,15,16). The maximum Gasteiger partial charge on any atom is 0.137 e. The van der Waals surface area contributed by atoms with Crippen LogP contribution in [0.15, 0.2) is 6.33 Å². The van der Waals surface area contributed by atoms with Crippen molar-refractivity contribution in [1.29, 1.82) is 0 Å². The number of hydrogen-bond donors (Lipinski definition) is 1. The molecule has 3 nitrogen and oxygen atoms in total. The second kappa shape index (κ2) is 5.48. The molecule has 1 saturated carbocycles. The van der Waals surface area contributed by atoms with Crippen molar-refractivity contribution in [3.05, 3.63) is 17.0 Å². The van der Waals surface area contributed by atoms with E-state index in [-0.39, 0.29) is 0 Å². The Balaban J connectivity index is 1.91. The topological polar surface area (TPSA) is 37.8 Å². The smallest absolute Gasteiger partial charge is 0.137 e. The van der Waals surface area contributed by atoms with Gasteiger partial charge >= 0.3 is 0 Å². The van der Waals surface area contributed by atoms with Gasteiger partial charge in [0.05, 0.1) is 0 Å². The zero-order valence-electron chi connectivity index (χ0n) is 9.67. The monoisotopic (exact) mass is 239 g/mol. The van der Waals surface area contributed by atoms with Gasteiger partial charge in [0, 0.05) is 12.1 Å². The lowest BCUT2D eigenvalue weighted by atomic mass is 9.89. The van der Waals surface area contributed by atoms with Crippen LogP contribution in [-0.2, 0) is 0 Å². The van der Waals surface area contributed by atoms with E-state index in [0.29, 0.717) is 5.15 Å². The molecular formula is C12H18ClN3. The molecule has 4 heteroatoms. The molecule has 1 aromatic rings. The summed E-state index contributed by atoms with van der Waals surface area (Å²) in [5, 5.41) is 3.93. The molecule has 88 valence electrons. The molecule has 0 aromatic carbocycles. The highest BCUT2D eigenvalue weighted by Crippen LogP contribution is 2.24. The number of anilines is 1. The Labute approximate surface area is 102 Å². The Morgan fingerprint density at radius 1 is 1.31 bits per heavy atom. The van der Waals surface area contributed by atoms with Gasteiger partial charge in [0.1, 0.15) is 17.3 Å². The van der Waals surface area contributed by atoms with Crippen molar-refractivity contribution in [1.82, 2.24) is 9.97 Å². The lowest BCUT2D eigenvalue weighted by Crippen LogP contribution is -2.18. The van der Waals surface area contributed by atoms with Crippen molar-refractivity contribution in [3.8, 4) is 0 Å². The van der Waals surface area contributed by atoms with Crippen LogP contribution in [0.5, 0.6) is 0 Å². The predicted molar refractivity (Wildman–Crippen MR) is 66.8 cm³/mol. The maximum absolute atomic E-state index is 5.94. The molecular weight excluding hydrogens is 222 g/mol. The van der Waals surface area contributed by atoms with Crippen LogP contribution in [0.3, 0.4) is 0 Å². The molecule has 2 rings (SSSR count). The molecule has 0 atom stereocenters. The Hall–Kier alpha value is -0.830. The second-order valence-electron chi connectivity index (χ2n) is 4.52. The van der Waals surface area contributed by atoms with E-state index >= 15 is 0 Å². The van der Waals surface area contributed by atoms with Gasteiger partial charge in [-0.15, -0.1) is 0 Å². The minimum atomic E-state index is 0.543. The van der Waals surface area contributed by atoms with Gasteiger partial charge < -0.3 is 5.32 Å². The van der Waals surface area contributed by atoms with Gasteiger partial charge in [-0.3, -0.25) is 0 Å². The molecule has 0 radical (unpaired) electrons. The second-order valence-corrected chi connectivity index (χ2v) is 4.88. The molecule has 0 bridgehead atoms. The van der Waals surface area contributed by atoms with E-state index in [1.807, 2.05) is 6.92 Å². The van der Waals surface area contributed by atoms with Crippen LogP contribution in [0.1, 0.15) is 37.7 Å². The van der Waals surface area contributed by atoms with E-state index in [4.69, 9.17) is 11.6 Å². The summed E-state index contributed by atoms with van der Waals surface area (Å²) < 4.78 is 0. The largest absolute Gasteiger partial charge is 0.369 e. The maximum atomic E-state index is 5.94. The fraction of sp³-hybridized carbons (Fsp3) is 0.667. The Morgan fingerprint density at radius 3 is 2.81 bits per heavy atom. The summed E-state index contributed by atoms with van der Waals surface area (Å²) in [5.74, 6) is 1.67. The molecule has 0 saturated heterocycles. The minimum Gasteiger partial charge on any atom is -0.369 e. The molecule has 1 N–H and O–H groups in total. The number of nitrogens with one attached hydrogen (secondary N) is 1. The van der Waals surface area contributed by atoms with Crippen LogP contribution >= 0.6 is 11.6 Å². The average molecular weight is 240 g/mol. The Bertz CT molecular complexity index is 348. The summed E-state index contributed by atoms with van der Waals surface area (Å²) >= 11 is 5.94. The van der Waals surface area contributed by atoms with Crippen molar-refractivity contribution in [3.63, 3.8) is 0 Å². The highest BCUT2D eigenvalue weighted by atomic mass is 35.5. The van der Waals surface area contributed by atoms with Gasteiger partial charge in [0.15, 0.2) is 0 Å². The number of nitrogens with zero attached hydrogens (tertiary/aromatic N) is 2. The van der Waals surface area contributed by atoms with Crippen LogP contribution in [0.2, 0.25) is 5.15 Å². The summed E-state index contributed by atoms with van der Waals surface area (Å²) in [5.41, 5.74) is 0.944. The SMILES string of the molecule is Cc1c(Cl)ncnc1NCC1CCCCC1. The molecule has 1 aromatic heterocycles. The molecule has 1 heterocycles. The average Bonchev–Trinajstić information content (AvgIpc) is 2.32. The molecule has 0 spiro atoms. The molecule has 0 aliphatic heterocycles. The van der Waals surface area contributed by atoms with Gasteiger partial charge in [-0.25, -0.2) is 9.97 Å². The van der Waals surface area contributed by atoms with Crippen molar-refractivity contribution >= 4 is 17.4 Å². The summed E-state index contributed by atoms with van der Waals surface area (Å²) in [6, 6.07) is 0. The van der Waals surface area contributed by atoms with Crippen molar-refractivity contribution in [2.75, 3.05) is 11.9 Å². The van der Waals surface area contributed by atoms with Crippen LogP contribution in [0.4, 0.5) is 5.82 Å². The van der Waals surface area contributed by atoms with Gasteiger partial charge in [-0.05, 0) is 25.7 Å². The highest BCUT2D eigenvalue weighted by molar-refractivity contribution is 6.30. The van der Waals surface area contributed by atoms with E-state index in [1.54, 1.807) is 0 Å². The summed E-state index contributed by atoms with van der Waals surface area (Å²) in [7, 11) is 0. The van der Waals surface area contributed by atoms with Gasteiger partial charge in [-0.1, -0.05) is 30.9 Å². The van der Waals surface area contributed by atoms with E-state index in [0.717, 1.165) is 23.8 Å². The molecule has 0 unspecified atom stereocenters. The van der Waals surface area contributed by atoms with Crippen molar-refractivity contribution in [2.24, 2.45) is 5.92 Å². The van der Waals surface area contributed by atoms with Crippen LogP contribution in [-0.4, -0.2) is 16.5 Å². The first-order valence-electron chi connectivity index (χ1n) is 5.98. The third kappa shape index (κ3) is 2.85. The van der Waals surface area contributed by atoms with Crippen molar-refractivity contribution in [2.45, 2.75) is 39.0 Å². The molecule has 1 aliphatic carbocycles. The third-order valence-electron chi connectivity index (χ3n) is 3.31. The van der Waals surface area contributed by atoms with Crippen LogP contribution < -0.4 is 5.32 Å². The highest BCUT2D eigenvalue weighted by Gasteiger charge is 2.14. The summed E-state index contributed by atoms with van der Waals surface area (Å²) in [6.07, 6.45) is 8.33. The predicted octanol–water partition coefficient (Wildman–Crippen LogP) is 3.43. The van der Waals surface area contributed by atoms with Gasteiger partial charge in [-0.2, -0.15) is 0 Å². The van der Waals surface area contributed by atoms with E-state index in [9.17, 15) is 0 Å². The first kappa shape index (κ1) is 11.6. The first-order valence-corrected chi connectivity index (χ1v) is 6.36. The summed E-state index contributed by atoms with van der Waals surface area (Å²) in [4.78, 5) is 8.17. The van der Waals surface area contributed by atoms with Crippen LogP contribution in [0, 0.1) is 12.8 Å². The molecule has 0 amide bonds. The zero-order chi connectivity index (χ0) is 11.4. The van der Waals surface area contributed by atoms with Gasteiger partial charge in [0.2, 0.25) is 0 Å². The lowest BCUT2D eigenvalue weighted by Gasteiger charge is -2.22. The number of hydrogen-bond acceptors (Lipinski definition) is 3. The molecule has 16 heavy (non-hydrogen) atoms. The fourth-order valence-corrected chi connectivity index (χ4v) is 2.37. The third-order valence-corrected chi connectivity index (χ3v) is 3.69. The van der Waals surface area contributed by atoms with E-state index in [2.05, 4.69) is 15.3 Å². The fourth-order valence-electron chi connectivity index (χ4n) is 2.24. The lowest BCUT2D eigenvalue weighted by molar-refractivity contribution is 0.373. The van der Waals surface area contributed by atoms with Crippen LogP contribution in [0.25, 0.3) is 0 Å². The first-order chi connectivity index (χ1) is 7.77. The molecule has 1 aliphatic rings. The number of aromatic nitrogens is 2. The number of halogens is 1. The molecule has 1 fully saturated rings. The zero-order valence-corrected chi connectivity index (χ0v) is 10.4. The van der Waals surface area contributed by atoms with E-state index in [1.165, 1.54) is 38.4 Å². The van der Waals surface area contributed by atoms with Gasteiger partial charge in [0.25, 0.3) is 0 Å². The quantitative estimate of drug-likeness (QED) is 0.822. The van der Waals surface area contributed by atoms with E-state index < -0.39 is 0 Å². The summed E-state index contributed by atoms with van der Waals surface area (Å²) in [6.45, 7) is 2.96. The normalized spacial score (nSPS) is 17.4. The number of rotatable bonds is 3. The Morgan fingerprint density at radius 2 is 2.06 bits per heavy atom. The van der Waals surface area contributed by atoms with Crippen molar-refractivity contribution < 1.29 is 0 Å². The minimum absolute atomic E-state index is 0.543. The Kier molecular flexibility index (Phi) is 3.99.